The fourth-order valence-corrected chi connectivity index (χ4v) is 2.79. The van der Waals surface area contributed by atoms with Gasteiger partial charge < -0.3 is 14.6 Å². The highest BCUT2D eigenvalue weighted by atomic mass is 32.1. The molecule has 1 atom stereocenters. The minimum Gasteiger partial charge on any atom is -0.502 e. The van der Waals surface area contributed by atoms with Crippen LogP contribution in [0, 0.1) is 0 Å². The van der Waals surface area contributed by atoms with Crippen molar-refractivity contribution in [2.45, 2.75) is 97.0 Å². The van der Waals surface area contributed by atoms with E-state index in [0.29, 0.717) is 19.6 Å². The van der Waals surface area contributed by atoms with Crippen LogP contribution in [-0.4, -0.2) is 36.1 Å². The van der Waals surface area contributed by atoms with Crippen LogP contribution in [0.2, 0.25) is 0 Å². The molecule has 1 N–H and O–H groups in total. The monoisotopic (exact) mass is 346 g/mol. The second-order valence-corrected chi connectivity index (χ2v) is 6.77. The molecule has 0 aromatic carbocycles. The van der Waals surface area contributed by atoms with Crippen molar-refractivity contribution in [1.29, 1.82) is 0 Å². The zero-order valence-electron chi connectivity index (χ0n) is 15.4. The van der Waals surface area contributed by atoms with Crippen LogP contribution in [0.5, 0.6) is 0 Å². The van der Waals surface area contributed by atoms with E-state index in [2.05, 4.69) is 13.8 Å². The summed E-state index contributed by atoms with van der Waals surface area (Å²) in [7, 11) is 0. The summed E-state index contributed by atoms with van der Waals surface area (Å²) in [6.45, 7) is 6.53. The average Bonchev–Trinajstić information content (AvgIpc) is 2.52. The average molecular weight is 347 g/mol. The number of unbranched alkanes of at least 4 members (excludes halogenated alkanes) is 6. The molecule has 0 spiro atoms. The molecule has 0 aromatic heterocycles. The van der Waals surface area contributed by atoms with Gasteiger partial charge in [0, 0.05) is 13.0 Å². The van der Waals surface area contributed by atoms with Gasteiger partial charge in [-0.2, -0.15) is 0 Å². The number of thiocarbonyl (C=S) groups is 1. The Morgan fingerprint density at radius 1 is 0.826 bits per heavy atom. The fraction of sp³-hybridized carbons (Fsp3) is 0.947. The Labute approximate surface area is 149 Å². The smallest absolute Gasteiger partial charge is 0.156 e. The van der Waals surface area contributed by atoms with E-state index in [1.165, 1.54) is 44.9 Å². The van der Waals surface area contributed by atoms with Gasteiger partial charge in [-0.25, -0.2) is 0 Å². The molecule has 0 aliphatic carbocycles. The minimum atomic E-state index is 0.117. The first-order chi connectivity index (χ1) is 11.2. The molecule has 0 aromatic rings. The number of rotatable bonds is 18. The van der Waals surface area contributed by atoms with E-state index in [0.717, 1.165) is 32.3 Å². The molecule has 0 amide bonds. The Morgan fingerprint density at radius 3 is 2.13 bits per heavy atom. The molecule has 1 unspecified atom stereocenters. The molecule has 0 bridgehead atoms. The summed E-state index contributed by atoms with van der Waals surface area (Å²) in [4.78, 5) is 0. The van der Waals surface area contributed by atoms with E-state index in [1.54, 1.807) is 0 Å². The molecule has 0 aliphatic rings. The Kier molecular flexibility index (Phi) is 18.0. The van der Waals surface area contributed by atoms with Crippen LogP contribution >= 0.6 is 12.2 Å². The Bertz CT molecular complexity index is 259. The molecule has 3 nitrogen and oxygen atoms in total. The molecule has 138 valence electrons. The maximum atomic E-state index is 9.13. The number of hydrogen-bond donors (Lipinski definition) is 1. The van der Waals surface area contributed by atoms with Gasteiger partial charge in [0.05, 0.1) is 19.3 Å². The molecular formula is C19H38O3S. The lowest BCUT2D eigenvalue weighted by atomic mass is 10.0. The molecular weight excluding hydrogens is 308 g/mol. The largest absolute Gasteiger partial charge is 0.502 e. The van der Waals surface area contributed by atoms with Crippen LogP contribution in [0.3, 0.4) is 0 Å². The van der Waals surface area contributed by atoms with Crippen LogP contribution < -0.4 is 0 Å². The number of aliphatic hydroxyl groups is 1. The summed E-state index contributed by atoms with van der Waals surface area (Å²) in [6.07, 6.45) is 14.2. The predicted octanol–water partition coefficient (Wildman–Crippen LogP) is 5.99. The van der Waals surface area contributed by atoms with E-state index < -0.39 is 0 Å². The normalized spacial score (nSPS) is 12.4. The van der Waals surface area contributed by atoms with Gasteiger partial charge in [-0.1, -0.05) is 58.8 Å². The molecule has 0 rings (SSSR count). The number of ether oxygens (including phenoxy) is 2. The Morgan fingerprint density at radius 2 is 1.48 bits per heavy atom. The standard InChI is InChI=1S/C19H38O3S/c1-3-5-6-7-8-9-10-12-18(13-11-14-19(20)23)22-17-16-21-15-4-2/h18H,3-17H2,1-2H3,(H,20,23). The second-order valence-electron chi connectivity index (χ2n) is 6.30. The van der Waals surface area contributed by atoms with Gasteiger partial charge in [-0.3, -0.25) is 0 Å². The lowest BCUT2D eigenvalue weighted by Gasteiger charge is -2.18. The predicted molar refractivity (Wildman–Crippen MR) is 103 cm³/mol. The maximum Gasteiger partial charge on any atom is 0.156 e. The first-order valence-electron chi connectivity index (χ1n) is 9.61. The molecule has 0 heterocycles. The van der Waals surface area contributed by atoms with Crippen LogP contribution in [0.15, 0.2) is 0 Å². The molecule has 23 heavy (non-hydrogen) atoms. The first kappa shape index (κ1) is 22.8. The summed E-state index contributed by atoms with van der Waals surface area (Å²) >= 11 is 4.73. The summed E-state index contributed by atoms with van der Waals surface area (Å²) in [5, 5.41) is 9.24. The van der Waals surface area contributed by atoms with Gasteiger partial charge in [0.2, 0.25) is 0 Å². The van der Waals surface area contributed by atoms with Gasteiger partial charge in [0.15, 0.2) is 5.05 Å². The van der Waals surface area contributed by atoms with Crippen molar-refractivity contribution in [3.05, 3.63) is 0 Å². The van der Waals surface area contributed by atoms with Crippen molar-refractivity contribution in [3.63, 3.8) is 0 Å². The quantitative estimate of drug-likeness (QED) is 0.244. The molecule has 0 saturated carbocycles. The molecule has 0 radical (unpaired) electrons. The zero-order valence-corrected chi connectivity index (χ0v) is 16.2. The number of aliphatic hydroxyl groups excluding tert-OH is 1. The molecule has 4 heteroatoms. The second kappa shape index (κ2) is 18.2. The van der Waals surface area contributed by atoms with Crippen molar-refractivity contribution in [1.82, 2.24) is 0 Å². The van der Waals surface area contributed by atoms with Crippen LogP contribution in [0.4, 0.5) is 0 Å². The van der Waals surface area contributed by atoms with E-state index in [1.807, 2.05) is 0 Å². The summed E-state index contributed by atoms with van der Waals surface area (Å²) in [5.74, 6) is 0. The van der Waals surface area contributed by atoms with Gasteiger partial charge >= 0.3 is 0 Å². The third kappa shape index (κ3) is 18.0. The zero-order chi connectivity index (χ0) is 17.2. The maximum absolute atomic E-state index is 9.13. The van der Waals surface area contributed by atoms with Crippen LogP contribution in [-0.2, 0) is 9.47 Å². The van der Waals surface area contributed by atoms with Gasteiger partial charge in [0.1, 0.15) is 0 Å². The minimum absolute atomic E-state index is 0.117. The van der Waals surface area contributed by atoms with Crippen LogP contribution in [0.1, 0.15) is 90.9 Å². The fourth-order valence-electron chi connectivity index (χ4n) is 2.64. The van der Waals surface area contributed by atoms with E-state index in [-0.39, 0.29) is 11.2 Å². The lowest BCUT2D eigenvalue weighted by Crippen LogP contribution is -2.17. The Balaban J connectivity index is 3.75. The molecule has 0 fully saturated rings. The SMILES string of the molecule is CCCCCCCCCC(CCCC(O)=S)OCCOCCC. The lowest BCUT2D eigenvalue weighted by molar-refractivity contribution is -0.00353. The Hall–Kier alpha value is -0.190. The summed E-state index contributed by atoms with van der Waals surface area (Å²) in [5.41, 5.74) is 0. The highest BCUT2D eigenvalue weighted by Crippen LogP contribution is 2.15. The van der Waals surface area contributed by atoms with Gasteiger partial charge in [0.25, 0.3) is 0 Å². The van der Waals surface area contributed by atoms with E-state index in [9.17, 15) is 0 Å². The first-order valence-corrected chi connectivity index (χ1v) is 10.0. The van der Waals surface area contributed by atoms with Crippen molar-refractivity contribution >= 4 is 17.3 Å². The van der Waals surface area contributed by atoms with E-state index in [4.69, 9.17) is 26.8 Å². The van der Waals surface area contributed by atoms with Gasteiger partial charge in [-0.05, 0) is 37.9 Å². The third-order valence-corrected chi connectivity index (χ3v) is 4.18. The number of hydrogen-bond acceptors (Lipinski definition) is 3. The van der Waals surface area contributed by atoms with E-state index >= 15 is 0 Å². The highest BCUT2D eigenvalue weighted by Gasteiger charge is 2.09. The molecule has 0 saturated heterocycles. The molecule has 0 aliphatic heterocycles. The summed E-state index contributed by atoms with van der Waals surface area (Å²) in [6, 6.07) is 0. The summed E-state index contributed by atoms with van der Waals surface area (Å²) < 4.78 is 11.4. The van der Waals surface area contributed by atoms with Crippen molar-refractivity contribution in [2.75, 3.05) is 19.8 Å². The van der Waals surface area contributed by atoms with Crippen molar-refractivity contribution in [2.24, 2.45) is 0 Å². The van der Waals surface area contributed by atoms with Crippen LogP contribution in [0.25, 0.3) is 0 Å². The van der Waals surface area contributed by atoms with Crippen molar-refractivity contribution in [3.8, 4) is 0 Å². The third-order valence-electron chi connectivity index (χ3n) is 3.98. The van der Waals surface area contributed by atoms with Crippen molar-refractivity contribution < 1.29 is 14.6 Å². The highest BCUT2D eigenvalue weighted by molar-refractivity contribution is 7.80. The topological polar surface area (TPSA) is 38.7 Å². The van der Waals surface area contributed by atoms with Gasteiger partial charge in [-0.15, -0.1) is 0 Å².